The van der Waals surface area contributed by atoms with Gasteiger partial charge in [-0.15, -0.1) is 0 Å². The molecule has 0 saturated carbocycles. The van der Waals surface area contributed by atoms with Gasteiger partial charge in [0.1, 0.15) is 5.82 Å². The van der Waals surface area contributed by atoms with Gasteiger partial charge in [0.05, 0.1) is 12.5 Å². The van der Waals surface area contributed by atoms with E-state index in [0.717, 1.165) is 11.1 Å². The molecule has 0 aliphatic heterocycles. The van der Waals surface area contributed by atoms with Gasteiger partial charge in [0.15, 0.2) is 0 Å². The zero-order valence-corrected chi connectivity index (χ0v) is 17.3. The van der Waals surface area contributed by atoms with Gasteiger partial charge in [0.25, 0.3) is 0 Å². The van der Waals surface area contributed by atoms with Crippen molar-refractivity contribution in [2.24, 2.45) is 5.73 Å². The maximum Gasteiger partial charge on any atom is 0.312 e. The second kappa shape index (κ2) is 10.4. The lowest BCUT2D eigenvalue weighted by molar-refractivity contribution is -0.122. The zero-order chi connectivity index (χ0) is 22.2. The Hall–Kier alpha value is -3.67. The maximum absolute atomic E-state index is 14.3. The number of carbonyl (C=O) groups is 2. The Bertz CT molecular complexity index is 972. The average molecular weight is 420 g/mol. The molecule has 3 amide bonds. The summed E-state index contributed by atoms with van der Waals surface area (Å²) in [4.78, 5) is 24.3. The number of hydrogen-bond donors (Lipinski definition) is 3. The summed E-state index contributed by atoms with van der Waals surface area (Å²) in [6, 6.07) is 23.9. The molecule has 0 unspecified atom stereocenters. The molecule has 4 N–H and O–H groups in total. The largest absolute Gasteiger partial charge is 0.353 e. The van der Waals surface area contributed by atoms with E-state index in [1.165, 1.54) is 12.1 Å². The van der Waals surface area contributed by atoms with Crippen LogP contribution in [0.4, 0.5) is 9.18 Å². The van der Waals surface area contributed by atoms with Gasteiger partial charge in [-0.1, -0.05) is 78.9 Å². The molecule has 3 aromatic rings. The lowest BCUT2D eigenvalue weighted by Crippen LogP contribution is -2.41. The number of rotatable bonds is 8. The molecule has 0 bridgehead atoms. The second-order valence-electron chi connectivity index (χ2n) is 7.44. The third-order valence-corrected chi connectivity index (χ3v) is 5.19. The van der Waals surface area contributed by atoms with Crippen molar-refractivity contribution in [3.63, 3.8) is 0 Å². The van der Waals surface area contributed by atoms with Gasteiger partial charge in [0.2, 0.25) is 5.91 Å². The number of nitrogens with one attached hydrogen (secondary N) is 2. The van der Waals surface area contributed by atoms with Crippen molar-refractivity contribution in [2.45, 2.75) is 31.3 Å². The van der Waals surface area contributed by atoms with Crippen molar-refractivity contribution < 1.29 is 14.0 Å². The smallest absolute Gasteiger partial charge is 0.312 e. The first-order valence-electron chi connectivity index (χ1n) is 10.2. The number of urea groups is 1. The summed E-state index contributed by atoms with van der Waals surface area (Å²) in [5.41, 5.74) is 7.61. The predicted octanol–water partition coefficient (Wildman–Crippen LogP) is 4.26. The highest BCUT2D eigenvalue weighted by Crippen LogP contribution is 2.28. The molecule has 0 aliphatic rings. The first-order valence-corrected chi connectivity index (χ1v) is 10.2. The van der Waals surface area contributed by atoms with E-state index in [1.807, 2.05) is 67.6 Å². The fourth-order valence-corrected chi connectivity index (χ4v) is 3.84. The molecular weight excluding hydrogens is 393 g/mol. The van der Waals surface area contributed by atoms with Crippen LogP contribution >= 0.6 is 0 Å². The van der Waals surface area contributed by atoms with Crippen molar-refractivity contribution in [3.8, 4) is 0 Å². The summed E-state index contributed by atoms with van der Waals surface area (Å²) in [6.45, 7) is 1.93. The Morgan fingerprint density at radius 1 is 0.839 bits per heavy atom. The van der Waals surface area contributed by atoms with Gasteiger partial charge in [0, 0.05) is 17.5 Å². The van der Waals surface area contributed by atoms with E-state index in [-0.39, 0.29) is 29.9 Å². The number of hydrogen-bond acceptors (Lipinski definition) is 2. The van der Waals surface area contributed by atoms with Gasteiger partial charge in [-0.05, 0) is 24.1 Å². The van der Waals surface area contributed by atoms with Crippen molar-refractivity contribution in [1.82, 2.24) is 10.6 Å². The molecular formula is C25H26FN3O2. The van der Waals surface area contributed by atoms with Crippen LogP contribution in [0.25, 0.3) is 0 Å². The van der Waals surface area contributed by atoms with Crippen molar-refractivity contribution in [2.75, 3.05) is 0 Å². The zero-order valence-electron chi connectivity index (χ0n) is 17.3. The quantitative estimate of drug-likeness (QED) is 0.510. The van der Waals surface area contributed by atoms with Crippen LogP contribution in [0.15, 0.2) is 84.9 Å². The fraction of sp³-hybridized carbons (Fsp3) is 0.200. The van der Waals surface area contributed by atoms with Crippen LogP contribution in [0.2, 0.25) is 0 Å². The molecule has 0 aromatic heterocycles. The van der Waals surface area contributed by atoms with Crippen LogP contribution in [0, 0.1) is 5.82 Å². The minimum absolute atomic E-state index is 0.0673. The Balaban J connectivity index is 1.79. The van der Waals surface area contributed by atoms with Crippen LogP contribution < -0.4 is 16.4 Å². The normalized spacial score (nSPS) is 12.7. The number of primary amides is 1. The third kappa shape index (κ3) is 5.92. The molecule has 0 spiro atoms. The van der Waals surface area contributed by atoms with E-state index in [2.05, 4.69) is 10.6 Å². The Kier molecular flexibility index (Phi) is 7.38. The maximum atomic E-state index is 14.3. The Labute approximate surface area is 181 Å². The molecule has 31 heavy (non-hydrogen) atoms. The van der Waals surface area contributed by atoms with E-state index >= 15 is 0 Å². The van der Waals surface area contributed by atoms with Crippen LogP contribution in [0.1, 0.15) is 42.0 Å². The number of nitrogens with two attached hydrogens (primary N) is 1. The van der Waals surface area contributed by atoms with Gasteiger partial charge in [-0.2, -0.15) is 0 Å². The highest BCUT2D eigenvalue weighted by Gasteiger charge is 2.25. The summed E-state index contributed by atoms with van der Waals surface area (Å²) in [7, 11) is 0. The number of carbonyl (C=O) groups excluding carboxylic acids is 2. The van der Waals surface area contributed by atoms with Gasteiger partial charge in [-0.3, -0.25) is 4.79 Å². The van der Waals surface area contributed by atoms with Crippen LogP contribution in [-0.4, -0.2) is 18.0 Å². The van der Waals surface area contributed by atoms with Crippen molar-refractivity contribution in [1.29, 1.82) is 0 Å². The molecule has 0 saturated heterocycles. The van der Waals surface area contributed by atoms with E-state index in [0.29, 0.717) is 0 Å². The molecule has 0 fully saturated rings. The van der Waals surface area contributed by atoms with Gasteiger partial charge >= 0.3 is 6.03 Å². The monoisotopic (exact) mass is 419 g/mol. The van der Waals surface area contributed by atoms with Crippen LogP contribution in [0.3, 0.4) is 0 Å². The molecule has 0 aliphatic carbocycles. The first kappa shape index (κ1) is 22.0. The predicted molar refractivity (Wildman–Crippen MR) is 119 cm³/mol. The topological polar surface area (TPSA) is 84.2 Å². The lowest BCUT2D eigenvalue weighted by Gasteiger charge is -2.27. The second-order valence-corrected chi connectivity index (χ2v) is 7.44. The molecule has 2 atom stereocenters. The summed E-state index contributed by atoms with van der Waals surface area (Å²) in [6.07, 6.45) is -0.134. The fourth-order valence-electron chi connectivity index (χ4n) is 3.84. The molecule has 5 nitrogen and oxygen atoms in total. The Morgan fingerprint density at radius 2 is 1.35 bits per heavy atom. The van der Waals surface area contributed by atoms with E-state index in [4.69, 9.17) is 5.73 Å². The van der Waals surface area contributed by atoms with E-state index in [9.17, 15) is 14.0 Å². The SMILES string of the molecule is C[C@@H](NC(=O)C[C@H](NC(N)=O)c1ccccc1F)C(c1ccccc1)c1ccccc1. The summed E-state index contributed by atoms with van der Waals surface area (Å²) < 4.78 is 14.3. The third-order valence-electron chi connectivity index (χ3n) is 5.19. The molecule has 0 heterocycles. The lowest BCUT2D eigenvalue weighted by atomic mass is 9.85. The first-order chi connectivity index (χ1) is 15.0. The van der Waals surface area contributed by atoms with E-state index in [1.54, 1.807) is 12.1 Å². The number of amides is 3. The van der Waals surface area contributed by atoms with Crippen molar-refractivity contribution >= 4 is 11.9 Å². The van der Waals surface area contributed by atoms with Crippen molar-refractivity contribution in [3.05, 3.63) is 107 Å². The number of halogens is 1. The average Bonchev–Trinajstić information content (AvgIpc) is 2.75. The highest BCUT2D eigenvalue weighted by molar-refractivity contribution is 5.79. The molecule has 3 aromatic carbocycles. The standard InChI is InChI=1S/C25H26FN3O2/c1-17(24(18-10-4-2-5-11-18)19-12-6-3-7-13-19)28-23(30)16-22(29-25(27)31)20-14-8-9-15-21(20)26/h2-15,17,22,24H,16H2,1H3,(H,28,30)(H3,27,29,31)/t17-,22+/m1/s1. The van der Waals surface area contributed by atoms with Crippen LogP contribution in [0.5, 0.6) is 0 Å². The molecule has 160 valence electrons. The molecule has 0 radical (unpaired) electrons. The highest BCUT2D eigenvalue weighted by atomic mass is 19.1. The van der Waals surface area contributed by atoms with Crippen LogP contribution in [-0.2, 0) is 4.79 Å². The number of benzene rings is 3. The minimum atomic E-state index is -0.863. The minimum Gasteiger partial charge on any atom is -0.353 e. The van der Waals surface area contributed by atoms with Gasteiger partial charge < -0.3 is 16.4 Å². The molecule has 6 heteroatoms. The summed E-state index contributed by atoms with van der Waals surface area (Å²) >= 11 is 0. The Morgan fingerprint density at radius 3 is 1.87 bits per heavy atom. The molecule has 3 rings (SSSR count). The summed E-state index contributed by atoms with van der Waals surface area (Å²) in [5, 5.41) is 5.49. The summed E-state index contributed by atoms with van der Waals surface area (Å²) in [5.74, 6) is -0.887. The van der Waals surface area contributed by atoms with E-state index < -0.39 is 17.9 Å². The van der Waals surface area contributed by atoms with Gasteiger partial charge in [-0.25, -0.2) is 9.18 Å².